The largest absolute Gasteiger partial charge is 0.487 e. The first kappa shape index (κ1) is 15.0. The molecule has 0 amide bonds. The van der Waals surface area contributed by atoms with Gasteiger partial charge in [-0.15, -0.1) is 0 Å². The summed E-state index contributed by atoms with van der Waals surface area (Å²) in [6.07, 6.45) is 1.27. The maximum Gasteiger partial charge on any atom is 0.226 e. The molecular weight excluding hydrogens is 290 g/mol. The fourth-order valence-electron chi connectivity index (χ4n) is 2.28. The number of carbonyl (C=O) groups is 1. The number of hydrogen-bond donors (Lipinski definition) is 0. The van der Waals surface area contributed by atoms with E-state index in [1.54, 1.807) is 0 Å². The molecule has 1 heterocycles. The molecule has 0 aliphatic rings. The van der Waals surface area contributed by atoms with Crippen LogP contribution in [0.4, 0.5) is 0 Å². The Kier molecular flexibility index (Phi) is 4.52. The van der Waals surface area contributed by atoms with E-state index in [0.29, 0.717) is 24.7 Å². The minimum absolute atomic E-state index is 0.326. The van der Waals surface area contributed by atoms with Crippen molar-refractivity contribution in [2.75, 3.05) is 0 Å². The lowest BCUT2D eigenvalue weighted by Crippen LogP contribution is -1.98. The molecule has 0 aliphatic heterocycles. The summed E-state index contributed by atoms with van der Waals surface area (Å²) < 4.78 is 11.5. The topological polar surface area (TPSA) is 52.3 Å². The van der Waals surface area contributed by atoms with Gasteiger partial charge < -0.3 is 13.9 Å². The van der Waals surface area contributed by atoms with Gasteiger partial charge in [0.25, 0.3) is 0 Å². The number of rotatable bonds is 6. The van der Waals surface area contributed by atoms with Gasteiger partial charge in [0.2, 0.25) is 5.89 Å². The molecular formula is C19H17NO3. The molecule has 23 heavy (non-hydrogen) atoms. The van der Waals surface area contributed by atoms with Crippen LogP contribution in [-0.2, 0) is 17.8 Å². The van der Waals surface area contributed by atoms with E-state index in [9.17, 15) is 4.79 Å². The van der Waals surface area contributed by atoms with Gasteiger partial charge in [0, 0.05) is 12.0 Å². The molecule has 0 fully saturated rings. The lowest BCUT2D eigenvalue weighted by atomic mass is 10.1. The predicted molar refractivity (Wildman–Crippen MR) is 87.2 cm³/mol. The maximum absolute atomic E-state index is 10.6. The van der Waals surface area contributed by atoms with E-state index in [0.717, 1.165) is 28.9 Å². The summed E-state index contributed by atoms with van der Waals surface area (Å²) in [6.45, 7) is 2.20. The third kappa shape index (κ3) is 3.66. The Morgan fingerprint density at radius 2 is 1.96 bits per heavy atom. The highest BCUT2D eigenvalue weighted by molar-refractivity contribution is 5.55. The first-order chi connectivity index (χ1) is 11.3. The minimum atomic E-state index is 0.326. The highest BCUT2D eigenvalue weighted by Crippen LogP contribution is 2.22. The number of aromatic nitrogens is 1. The van der Waals surface area contributed by atoms with Crippen molar-refractivity contribution >= 4 is 6.29 Å². The van der Waals surface area contributed by atoms with Gasteiger partial charge in [-0.2, -0.15) is 0 Å². The molecule has 0 radical (unpaired) electrons. The van der Waals surface area contributed by atoms with Gasteiger partial charge >= 0.3 is 0 Å². The van der Waals surface area contributed by atoms with Crippen LogP contribution in [0.2, 0.25) is 0 Å². The number of ether oxygens (including phenoxy) is 1. The van der Waals surface area contributed by atoms with E-state index >= 15 is 0 Å². The zero-order chi connectivity index (χ0) is 16.1. The van der Waals surface area contributed by atoms with Crippen molar-refractivity contribution in [3.63, 3.8) is 0 Å². The molecule has 2 aromatic carbocycles. The number of benzene rings is 2. The van der Waals surface area contributed by atoms with Crippen molar-refractivity contribution in [2.24, 2.45) is 0 Å². The molecule has 1 aromatic heterocycles. The zero-order valence-electron chi connectivity index (χ0n) is 12.9. The number of aldehydes is 1. The summed E-state index contributed by atoms with van der Waals surface area (Å²) in [4.78, 5) is 15.1. The highest BCUT2D eigenvalue weighted by atomic mass is 16.5. The monoisotopic (exact) mass is 307 g/mol. The predicted octanol–water partition coefficient (Wildman–Crippen LogP) is 3.97. The Morgan fingerprint density at radius 1 is 1.13 bits per heavy atom. The van der Waals surface area contributed by atoms with Crippen LogP contribution in [0.15, 0.2) is 59.0 Å². The maximum atomic E-state index is 10.6. The minimum Gasteiger partial charge on any atom is -0.487 e. The first-order valence-electron chi connectivity index (χ1n) is 7.43. The molecule has 4 heteroatoms. The van der Waals surface area contributed by atoms with Crippen LogP contribution in [-0.4, -0.2) is 11.3 Å². The van der Waals surface area contributed by atoms with Crippen molar-refractivity contribution in [1.82, 2.24) is 4.98 Å². The van der Waals surface area contributed by atoms with Crippen molar-refractivity contribution in [2.45, 2.75) is 20.0 Å². The van der Waals surface area contributed by atoms with Gasteiger partial charge in [0.1, 0.15) is 30.1 Å². The van der Waals surface area contributed by atoms with Crippen LogP contribution < -0.4 is 4.74 Å². The zero-order valence-corrected chi connectivity index (χ0v) is 12.9. The molecule has 0 N–H and O–H groups in total. The summed E-state index contributed by atoms with van der Waals surface area (Å²) in [5, 5.41) is 0. The van der Waals surface area contributed by atoms with Gasteiger partial charge in [0.15, 0.2) is 0 Å². The Hall–Kier alpha value is -2.88. The van der Waals surface area contributed by atoms with Gasteiger partial charge in [-0.3, -0.25) is 0 Å². The molecule has 4 nitrogen and oxygen atoms in total. The van der Waals surface area contributed by atoms with Gasteiger partial charge in [0.05, 0.1) is 0 Å². The number of oxazole rings is 1. The van der Waals surface area contributed by atoms with Crippen LogP contribution >= 0.6 is 0 Å². The standard InChI is InChI=1S/C19H17NO3/c1-14-18(20-19(23-14)16-7-3-2-4-8-16)13-22-17-9-5-6-15(12-17)10-11-21/h2-9,11-12H,10,13H2,1H3. The van der Waals surface area contributed by atoms with Crippen molar-refractivity contribution < 1.29 is 13.9 Å². The average molecular weight is 307 g/mol. The first-order valence-corrected chi connectivity index (χ1v) is 7.43. The summed E-state index contributed by atoms with van der Waals surface area (Å²) in [5.74, 6) is 2.05. The summed E-state index contributed by atoms with van der Waals surface area (Å²) in [6, 6.07) is 17.3. The van der Waals surface area contributed by atoms with Crippen LogP contribution in [0.1, 0.15) is 17.0 Å². The lowest BCUT2D eigenvalue weighted by Gasteiger charge is -2.05. The summed E-state index contributed by atoms with van der Waals surface area (Å²) in [7, 11) is 0. The number of aryl methyl sites for hydroxylation is 1. The smallest absolute Gasteiger partial charge is 0.226 e. The molecule has 3 aromatic rings. The number of carbonyl (C=O) groups excluding carboxylic acids is 1. The van der Waals surface area contributed by atoms with Crippen LogP contribution in [0, 0.1) is 6.92 Å². The molecule has 0 bridgehead atoms. The van der Waals surface area contributed by atoms with E-state index < -0.39 is 0 Å². The molecule has 116 valence electrons. The normalized spacial score (nSPS) is 10.5. The van der Waals surface area contributed by atoms with E-state index in [4.69, 9.17) is 9.15 Å². The second-order valence-electron chi connectivity index (χ2n) is 5.19. The van der Waals surface area contributed by atoms with Crippen molar-refractivity contribution in [3.8, 4) is 17.2 Å². The molecule has 0 saturated carbocycles. The van der Waals surface area contributed by atoms with E-state index in [2.05, 4.69) is 4.98 Å². The van der Waals surface area contributed by atoms with Crippen molar-refractivity contribution in [3.05, 3.63) is 71.6 Å². The third-order valence-electron chi connectivity index (χ3n) is 3.51. The molecule has 0 saturated heterocycles. The van der Waals surface area contributed by atoms with E-state index in [1.807, 2.05) is 61.5 Å². The fourth-order valence-corrected chi connectivity index (χ4v) is 2.28. The second kappa shape index (κ2) is 6.92. The van der Waals surface area contributed by atoms with Gasteiger partial charge in [-0.25, -0.2) is 4.98 Å². The van der Waals surface area contributed by atoms with Gasteiger partial charge in [-0.1, -0.05) is 30.3 Å². The molecule has 0 spiro atoms. The van der Waals surface area contributed by atoms with Crippen molar-refractivity contribution in [1.29, 1.82) is 0 Å². The fraction of sp³-hybridized carbons (Fsp3) is 0.158. The summed E-state index contributed by atoms with van der Waals surface area (Å²) >= 11 is 0. The van der Waals surface area contributed by atoms with E-state index in [1.165, 1.54) is 0 Å². The lowest BCUT2D eigenvalue weighted by molar-refractivity contribution is -0.107. The third-order valence-corrected chi connectivity index (χ3v) is 3.51. The Balaban J connectivity index is 1.72. The number of hydrogen-bond acceptors (Lipinski definition) is 4. The Labute approximate surface area is 134 Å². The molecule has 3 rings (SSSR count). The Bertz CT molecular complexity index is 793. The molecule has 0 aliphatic carbocycles. The highest BCUT2D eigenvalue weighted by Gasteiger charge is 2.11. The number of nitrogens with zero attached hydrogens (tertiary/aromatic N) is 1. The Morgan fingerprint density at radius 3 is 2.74 bits per heavy atom. The van der Waals surface area contributed by atoms with Crippen LogP contribution in [0.25, 0.3) is 11.5 Å². The van der Waals surface area contributed by atoms with Gasteiger partial charge in [-0.05, 0) is 36.8 Å². The molecule has 0 unspecified atom stereocenters. The second-order valence-corrected chi connectivity index (χ2v) is 5.19. The van der Waals surface area contributed by atoms with E-state index in [-0.39, 0.29) is 0 Å². The average Bonchev–Trinajstić information content (AvgIpc) is 2.95. The quantitative estimate of drug-likeness (QED) is 0.647. The SMILES string of the molecule is Cc1oc(-c2ccccc2)nc1COc1cccc(CC=O)c1. The van der Waals surface area contributed by atoms with Crippen LogP contribution in [0.5, 0.6) is 5.75 Å². The van der Waals surface area contributed by atoms with Crippen LogP contribution in [0.3, 0.4) is 0 Å². The summed E-state index contributed by atoms with van der Waals surface area (Å²) in [5.41, 5.74) is 2.64. The molecule has 0 atom stereocenters.